The van der Waals surface area contributed by atoms with Gasteiger partial charge in [-0.3, -0.25) is 4.79 Å². The van der Waals surface area contributed by atoms with E-state index in [9.17, 15) is 9.59 Å². The first-order valence-corrected chi connectivity index (χ1v) is 14.9. The number of aromatic nitrogens is 3. The van der Waals surface area contributed by atoms with Crippen LogP contribution in [0.5, 0.6) is 0 Å². The predicted octanol–water partition coefficient (Wildman–Crippen LogP) is 5.61. The van der Waals surface area contributed by atoms with Gasteiger partial charge < -0.3 is 14.6 Å². The Morgan fingerprint density at radius 2 is 2.06 bits per heavy atom. The molecule has 3 heterocycles. The van der Waals surface area contributed by atoms with Gasteiger partial charge in [0.05, 0.1) is 17.9 Å². The molecular formula is C25H30N4O3S3. The maximum absolute atomic E-state index is 12.9. The van der Waals surface area contributed by atoms with Crippen LogP contribution in [0.15, 0.2) is 10.5 Å². The summed E-state index contributed by atoms with van der Waals surface area (Å²) in [6.07, 6.45) is 6.28. The van der Waals surface area contributed by atoms with Gasteiger partial charge in [-0.25, -0.2) is 4.79 Å². The summed E-state index contributed by atoms with van der Waals surface area (Å²) in [6.45, 7) is 7.24. The quantitative estimate of drug-likeness (QED) is 0.301. The monoisotopic (exact) mass is 530 g/mol. The molecule has 186 valence electrons. The van der Waals surface area contributed by atoms with Crippen molar-refractivity contribution in [2.45, 2.75) is 71.0 Å². The molecule has 10 heteroatoms. The van der Waals surface area contributed by atoms with Crippen LogP contribution in [0, 0.1) is 5.92 Å². The van der Waals surface area contributed by atoms with Gasteiger partial charge in [0.1, 0.15) is 5.00 Å². The van der Waals surface area contributed by atoms with Gasteiger partial charge in [0.25, 0.3) is 0 Å². The van der Waals surface area contributed by atoms with E-state index in [1.54, 1.807) is 6.92 Å². The number of ether oxygens (including phenoxy) is 1. The van der Waals surface area contributed by atoms with Crippen LogP contribution in [-0.4, -0.2) is 39.0 Å². The van der Waals surface area contributed by atoms with Crippen molar-refractivity contribution in [2.75, 3.05) is 17.7 Å². The van der Waals surface area contributed by atoms with E-state index in [0.717, 1.165) is 61.1 Å². The molecule has 0 radical (unpaired) electrons. The van der Waals surface area contributed by atoms with E-state index in [1.165, 1.54) is 50.4 Å². The highest BCUT2D eigenvalue weighted by Crippen LogP contribution is 2.40. The summed E-state index contributed by atoms with van der Waals surface area (Å²) in [5, 5.41) is 15.5. The van der Waals surface area contributed by atoms with Crippen molar-refractivity contribution < 1.29 is 14.3 Å². The molecule has 2 aliphatic carbocycles. The van der Waals surface area contributed by atoms with Gasteiger partial charge in [0.2, 0.25) is 5.91 Å². The van der Waals surface area contributed by atoms with E-state index in [2.05, 4.69) is 39.3 Å². The summed E-state index contributed by atoms with van der Waals surface area (Å²) in [7, 11) is 0. The van der Waals surface area contributed by atoms with Crippen LogP contribution >= 0.6 is 34.4 Å². The topological polar surface area (TPSA) is 86.1 Å². The number of hydrogen-bond acceptors (Lipinski definition) is 8. The summed E-state index contributed by atoms with van der Waals surface area (Å²) in [5.74, 6) is 1.31. The Labute approximate surface area is 217 Å². The number of carbonyl (C=O) groups is 2. The van der Waals surface area contributed by atoms with Gasteiger partial charge in [-0.05, 0) is 69.4 Å². The number of thiophene rings is 2. The highest BCUT2D eigenvalue weighted by atomic mass is 32.2. The number of anilines is 1. The Hall–Kier alpha value is -2.17. The minimum absolute atomic E-state index is 0.158. The van der Waals surface area contributed by atoms with Crippen molar-refractivity contribution in [2.24, 2.45) is 5.92 Å². The molecule has 0 saturated heterocycles. The average molecular weight is 531 g/mol. The third-order valence-electron chi connectivity index (χ3n) is 6.66. The summed E-state index contributed by atoms with van der Waals surface area (Å²) in [6, 6.07) is 0. The number of hydrogen-bond donors (Lipinski definition) is 1. The molecule has 0 saturated carbocycles. The largest absolute Gasteiger partial charge is 0.462 e. The van der Waals surface area contributed by atoms with E-state index >= 15 is 0 Å². The number of esters is 1. The van der Waals surface area contributed by atoms with Crippen LogP contribution in [0.1, 0.15) is 64.9 Å². The zero-order chi connectivity index (χ0) is 24.5. The fraction of sp³-hybridized carbons (Fsp3) is 0.520. The Morgan fingerprint density at radius 1 is 1.20 bits per heavy atom. The Balaban J connectivity index is 1.30. The molecule has 35 heavy (non-hydrogen) atoms. The fourth-order valence-corrected chi connectivity index (χ4v) is 8.29. The Morgan fingerprint density at radius 3 is 2.86 bits per heavy atom. The molecule has 2 aliphatic rings. The smallest absolute Gasteiger partial charge is 0.341 e. The molecule has 1 unspecified atom stereocenters. The van der Waals surface area contributed by atoms with Crippen LogP contribution in [0.25, 0.3) is 11.4 Å². The molecule has 0 fully saturated rings. The second-order valence-corrected chi connectivity index (χ2v) is 12.1. The first-order valence-electron chi connectivity index (χ1n) is 12.3. The highest BCUT2D eigenvalue weighted by molar-refractivity contribution is 7.99. The Kier molecular flexibility index (Phi) is 7.31. The number of thioether (sulfide) groups is 1. The Bertz CT molecular complexity index is 1260. The second kappa shape index (κ2) is 10.4. The van der Waals surface area contributed by atoms with Gasteiger partial charge in [-0.15, -0.1) is 32.9 Å². The van der Waals surface area contributed by atoms with Crippen molar-refractivity contribution in [1.29, 1.82) is 0 Å². The van der Waals surface area contributed by atoms with E-state index < -0.39 is 0 Å². The van der Waals surface area contributed by atoms with Crippen LogP contribution < -0.4 is 5.32 Å². The minimum Gasteiger partial charge on any atom is -0.462 e. The standard InChI is InChI=1S/C25H30N4O3S3/c1-4-29-22(17-12-33-19-11-14(3)9-10-15(17)19)27-28-25(29)34-13-20(30)26-23-21(24(31)32-5-2)16-7-6-8-18(16)35-23/h12,14H,4-11,13H2,1-3H3,(H,26,30). The number of rotatable bonds is 8. The molecule has 0 aromatic carbocycles. The van der Waals surface area contributed by atoms with Crippen molar-refractivity contribution in [1.82, 2.24) is 14.8 Å². The second-order valence-electron chi connectivity index (χ2n) is 9.07. The van der Waals surface area contributed by atoms with Crippen molar-refractivity contribution in [3.63, 3.8) is 0 Å². The molecule has 5 rings (SSSR count). The normalized spacial score (nSPS) is 16.7. The zero-order valence-electron chi connectivity index (χ0n) is 20.3. The predicted molar refractivity (Wildman–Crippen MR) is 142 cm³/mol. The molecule has 0 spiro atoms. The lowest BCUT2D eigenvalue weighted by Crippen LogP contribution is -2.17. The van der Waals surface area contributed by atoms with Gasteiger partial charge in [0.15, 0.2) is 11.0 Å². The summed E-state index contributed by atoms with van der Waals surface area (Å²) in [5.41, 5.74) is 4.19. The highest BCUT2D eigenvalue weighted by Gasteiger charge is 2.29. The molecule has 1 N–H and O–H groups in total. The van der Waals surface area contributed by atoms with Gasteiger partial charge in [-0.1, -0.05) is 18.7 Å². The SMILES string of the molecule is CCOC(=O)c1c(NC(=O)CSc2nnc(-c3csc4c3CCC(C)C4)n2CC)sc2c1CCC2. The van der Waals surface area contributed by atoms with Crippen LogP contribution in [0.2, 0.25) is 0 Å². The number of nitrogens with zero attached hydrogens (tertiary/aromatic N) is 3. The molecule has 7 nitrogen and oxygen atoms in total. The molecule has 3 aromatic rings. The fourth-order valence-electron chi connectivity index (χ4n) is 4.95. The molecule has 1 atom stereocenters. The summed E-state index contributed by atoms with van der Waals surface area (Å²) >= 11 is 4.71. The third kappa shape index (κ3) is 4.80. The molecular weight excluding hydrogens is 501 g/mol. The summed E-state index contributed by atoms with van der Waals surface area (Å²) in [4.78, 5) is 28.1. The average Bonchev–Trinajstić information content (AvgIpc) is 3.59. The van der Waals surface area contributed by atoms with Crippen LogP contribution in [-0.2, 0) is 41.8 Å². The maximum Gasteiger partial charge on any atom is 0.341 e. The van der Waals surface area contributed by atoms with Crippen LogP contribution in [0.4, 0.5) is 5.00 Å². The lowest BCUT2D eigenvalue weighted by Gasteiger charge is -2.19. The molecule has 0 aliphatic heterocycles. The molecule has 1 amide bonds. The van der Waals surface area contributed by atoms with Gasteiger partial charge in [-0.2, -0.15) is 0 Å². The lowest BCUT2D eigenvalue weighted by atomic mass is 9.88. The number of carbonyl (C=O) groups excluding carboxylic acids is 2. The van der Waals surface area contributed by atoms with E-state index in [0.29, 0.717) is 17.2 Å². The summed E-state index contributed by atoms with van der Waals surface area (Å²) < 4.78 is 7.37. The zero-order valence-corrected chi connectivity index (χ0v) is 22.8. The third-order valence-corrected chi connectivity index (χ3v) is 9.89. The first kappa shape index (κ1) is 24.5. The van der Waals surface area contributed by atoms with Gasteiger partial charge >= 0.3 is 5.97 Å². The van der Waals surface area contributed by atoms with Crippen LogP contribution in [0.3, 0.4) is 0 Å². The van der Waals surface area contributed by atoms with E-state index in [1.807, 2.05) is 11.3 Å². The van der Waals surface area contributed by atoms with Gasteiger partial charge in [0, 0.05) is 27.2 Å². The lowest BCUT2D eigenvalue weighted by molar-refractivity contribution is -0.113. The number of aryl methyl sites for hydroxylation is 1. The maximum atomic E-state index is 12.9. The van der Waals surface area contributed by atoms with Crippen molar-refractivity contribution in [3.05, 3.63) is 31.8 Å². The number of amides is 1. The van der Waals surface area contributed by atoms with Crippen molar-refractivity contribution in [3.8, 4) is 11.4 Å². The molecule has 0 bridgehead atoms. The molecule has 3 aromatic heterocycles. The number of fused-ring (bicyclic) bond motifs is 2. The van der Waals surface area contributed by atoms with E-state index in [4.69, 9.17) is 4.74 Å². The first-order chi connectivity index (χ1) is 17.0. The van der Waals surface area contributed by atoms with Crippen molar-refractivity contribution >= 4 is 51.3 Å². The number of nitrogens with one attached hydrogen (secondary N) is 1. The minimum atomic E-state index is -0.348. The van der Waals surface area contributed by atoms with E-state index in [-0.39, 0.29) is 17.6 Å².